The van der Waals surface area contributed by atoms with Crippen molar-refractivity contribution >= 4 is 6.09 Å². The minimum absolute atomic E-state index is 0.325. The van der Waals surface area contributed by atoms with Gasteiger partial charge in [-0.15, -0.1) is 0 Å². The third kappa shape index (κ3) is 4.44. The Bertz CT molecular complexity index is 585. The number of aliphatic hydroxyl groups is 1. The van der Waals surface area contributed by atoms with E-state index in [2.05, 4.69) is 0 Å². The molecule has 1 aromatic rings. The number of likely N-dealkylation sites (tertiary alicyclic amines) is 1. The lowest BCUT2D eigenvalue weighted by atomic mass is 9.77. The molecule has 0 bridgehead atoms. The fourth-order valence-electron chi connectivity index (χ4n) is 2.97. The number of carbonyl (C=O) groups is 1. The van der Waals surface area contributed by atoms with Crippen LogP contribution in [0.1, 0.15) is 52.0 Å². The Morgan fingerprint density at radius 2 is 1.71 bits per heavy atom. The van der Waals surface area contributed by atoms with Crippen molar-refractivity contribution in [1.29, 1.82) is 0 Å². The molecule has 0 saturated carbocycles. The van der Waals surface area contributed by atoms with Crippen LogP contribution in [0, 0.1) is 11.6 Å². The number of piperidine rings is 1. The van der Waals surface area contributed by atoms with Crippen molar-refractivity contribution in [3.05, 3.63) is 35.4 Å². The van der Waals surface area contributed by atoms with E-state index in [0.29, 0.717) is 31.5 Å². The minimum atomic E-state index is -1.11. The normalized spacial score (nSPS) is 19.0. The molecule has 1 N–H and O–H groups in total. The van der Waals surface area contributed by atoms with Crippen LogP contribution in [0.5, 0.6) is 0 Å². The second-order valence-corrected chi connectivity index (χ2v) is 7.50. The predicted molar refractivity (Wildman–Crippen MR) is 86.8 cm³/mol. The Balaban J connectivity index is 2.04. The van der Waals surface area contributed by atoms with E-state index in [-0.39, 0.29) is 0 Å². The molecular formula is C18H25F2NO3. The summed E-state index contributed by atoms with van der Waals surface area (Å²) in [5.74, 6) is -1.76. The molecule has 0 radical (unpaired) electrons. The van der Waals surface area contributed by atoms with Crippen LogP contribution in [0.4, 0.5) is 13.6 Å². The van der Waals surface area contributed by atoms with Gasteiger partial charge in [-0.25, -0.2) is 13.6 Å². The van der Waals surface area contributed by atoms with Crippen molar-refractivity contribution in [2.24, 2.45) is 0 Å². The third-order valence-corrected chi connectivity index (χ3v) is 4.47. The summed E-state index contributed by atoms with van der Waals surface area (Å²) in [6.45, 7) is 7.82. The predicted octanol–water partition coefficient (Wildman–Crippen LogP) is 3.83. The number of hydrogen-bond acceptors (Lipinski definition) is 3. The summed E-state index contributed by atoms with van der Waals surface area (Å²) in [5.41, 5.74) is -1.27. The van der Waals surface area contributed by atoms with Crippen LogP contribution in [0.3, 0.4) is 0 Å². The number of carbonyl (C=O) groups excluding carboxylic acids is 1. The van der Waals surface area contributed by atoms with E-state index in [9.17, 15) is 18.7 Å². The maximum atomic E-state index is 13.4. The van der Waals surface area contributed by atoms with E-state index in [1.54, 1.807) is 32.6 Å². The van der Waals surface area contributed by atoms with Gasteiger partial charge in [0.25, 0.3) is 0 Å². The summed E-state index contributed by atoms with van der Waals surface area (Å²) in [5, 5.41) is 10.9. The molecular weight excluding hydrogens is 316 g/mol. The smallest absolute Gasteiger partial charge is 0.410 e. The first-order chi connectivity index (χ1) is 11.0. The molecule has 24 heavy (non-hydrogen) atoms. The highest BCUT2D eigenvalue weighted by Crippen LogP contribution is 2.37. The molecule has 0 aromatic heterocycles. The number of halogens is 2. The van der Waals surface area contributed by atoms with E-state index < -0.39 is 34.8 Å². The quantitative estimate of drug-likeness (QED) is 0.889. The first-order valence-corrected chi connectivity index (χ1v) is 8.16. The summed E-state index contributed by atoms with van der Waals surface area (Å²) < 4.78 is 32.2. The van der Waals surface area contributed by atoms with Gasteiger partial charge in [0.2, 0.25) is 0 Å². The Kier molecular flexibility index (Phi) is 5.18. The van der Waals surface area contributed by atoms with Gasteiger partial charge in [-0.3, -0.25) is 0 Å². The molecule has 2 rings (SSSR count). The first-order valence-electron chi connectivity index (χ1n) is 8.16. The molecule has 1 saturated heterocycles. The fourth-order valence-corrected chi connectivity index (χ4v) is 2.97. The largest absolute Gasteiger partial charge is 0.444 e. The zero-order valence-electron chi connectivity index (χ0n) is 14.6. The van der Waals surface area contributed by atoms with Crippen LogP contribution in [-0.4, -0.2) is 40.4 Å². The van der Waals surface area contributed by atoms with Crippen LogP contribution in [-0.2, 0) is 4.74 Å². The van der Waals surface area contributed by atoms with Crippen LogP contribution < -0.4 is 0 Å². The fraction of sp³-hybridized carbons (Fsp3) is 0.611. The van der Waals surface area contributed by atoms with E-state index in [0.717, 1.165) is 6.07 Å². The molecule has 6 heteroatoms. The Morgan fingerprint density at radius 3 is 2.17 bits per heavy atom. The molecule has 0 unspecified atom stereocenters. The van der Waals surface area contributed by atoms with Gasteiger partial charge in [-0.1, -0.05) is 6.92 Å². The van der Waals surface area contributed by atoms with Gasteiger partial charge < -0.3 is 14.7 Å². The number of amides is 1. The van der Waals surface area contributed by atoms with Gasteiger partial charge in [0.15, 0.2) is 0 Å². The molecule has 1 heterocycles. The summed E-state index contributed by atoms with van der Waals surface area (Å²) >= 11 is 0. The molecule has 1 fully saturated rings. The van der Waals surface area contributed by atoms with Gasteiger partial charge in [0, 0.05) is 25.1 Å². The number of hydrogen-bond donors (Lipinski definition) is 1. The Hall–Kier alpha value is -1.69. The van der Waals surface area contributed by atoms with Gasteiger partial charge in [0.05, 0.1) is 5.60 Å². The lowest BCUT2D eigenvalue weighted by Gasteiger charge is -2.42. The van der Waals surface area contributed by atoms with E-state index in [1.165, 1.54) is 12.1 Å². The highest BCUT2D eigenvalue weighted by Gasteiger charge is 2.40. The molecule has 4 nitrogen and oxygen atoms in total. The minimum Gasteiger partial charge on any atom is -0.444 e. The number of benzene rings is 1. The van der Waals surface area contributed by atoms with Gasteiger partial charge in [-0.2, -0.15) is 0 Å². The Morgan fingerprint density at radius 1 is 1.21 bits per heavy atom. The van der Waals surface area contributed by atoms with Crippen LogP contribution in [0.25, 0.3) is 0 Å². The maximum absolute atomic E-state index is 13.4. The average Bonchev–Trinajstić information content (AvgIpc) is 2.44. The monoisotopic (exact) mass is 341 g/mol. The second-order valence-electron chi connectivity index (χ2n) is 7.50. The zero-order chi connectivity index (χ0) is 18.1. The Labute approximate surface area is 141 Å². The van der Waals surface area contributed by atoms with Crippen molar-refractivity contribution < 1.29 is 23.4 Å². The van der Waals surface area contributed by atoms with Gasteiger partial charge in [0.1, 0.15) is 17.2 Å². The van der Waals surface area contributed by atoms with Crippen molar-refractivity contribution in [2.45, 2.75) is 57.7 Å². The van der Waals surface area contributed by atoms with Crippen LogP contribution >= 0.6 is 0 Å². The van der Waals surface area contributed by atoms with Crippen molar-refractivity contribution in [2.75, 3.05) is 13.1 Å². The summed E-state index contributed by atoms with van der Waals surface area (Å²) in [4.78, 5) is 13.6. The lowest BCUT2D eigenvalue weighted by Crippen LogP contribution is -2.50. The zero-order valence-corrected chi connectivity index (χ0v) is 14.6. The van der Waals surface area contributed by atoms with Crippen molar-refractivity contribution in [3.63, 3.8) is 0 Å². The highest BCUT2D eigenvalue weighted by atomic mass is 19.1. The molecule has 1 aromatic carbocycles. The molecule has 1 amide bonds. The molecule has 1 atom stereocenters. The molecule has 0 aliphatic carbocycles. The van der Waals surface area contributed by atoms with E-state index in [4.69, 9.17) is 4.74 Å². The summed E-state index contributed by atoms with van der Waals surface area (Å²) in [7, 11) is 0. The lowest BCUT2D eigenvalue weighted by molar-refractivity contribution is -0.0453. The first kappa shape index (κ1) is 18.6. The maximum Gasteiger partial charge on any atom is 0.410 e. The summed E-state index contributed by atoms with van der Waals surface area (Å²) in [6, 6.07) is 3.29. The topological polar surface area (TPSA) is 49.8 Å². The van der Waals surface area contributed by atoms with Crippen LogP contribution in [0.15, 0.2) is 18.2 Å². The van der Waals surface area contributed by atoms with Gasteiger partial charge >= 0.3 is 6.09 Å². The van der Waals surface area contributed by atoms with Crippen molar-refractivity contribution in [3.8, 4) is 0 Å². The third-order valence-electron chi connectivity index (χ3n) is 4.47. The van der Waals surface area contributed by atoms with E-state index >= 15 is 0 Å². The molecule has 1 aliphatic rings. The second kappa shape index (κ2) is 6.67. The highest BCUT2D eigenvalue weighted by molar-refractivity contribution is 5.68. The number of ether oxygens (including phenoxy) is 1. The standard InChI is InChI=1S/C18H25F2NO3/c1-12(13-9-14(19)11-15(20)10-13)18(23)5-7-21(8-6-18)16(22)24-17(2,3)4/h9-12,23H,5-8H2,1-4H3/t12-/m0/s1. The molecule has 0 spiro atoms. The molecule has 1 aliphatic heterocycles. The number of nitrogens with zero attached hydrogens (tertiary/aromatic N) is 1. The molecule has 134 valence electrons. The van der Waals surface area contributed by atoms with Crippen LogP contribution in [0.2, 0.25) is 0 Å². The SMILES string of the molecule is C[C@@H](c1cc(F)cc(F)c1)C1(O)CCN(C(=O)OC(C)(C)C)CC1. The van der Waals surface area contributed by atoms with Crippen molar-refractivity contribution in [1.82, 2.24) is 4.90 Å². The van der Waals surface area contributed by atoms with Gasteiger partial charge in [-0.05, 0) is 51.3 Å². The van der Waals surface area contributed by atoms with E-state index in [1.807, 2.05) is 0 Å². The average molecular weight is 341 g/mol. The summed E-state index contributed by atoms with van der Waals surface area (Å²) in [6.07, 6.45) is 0.242. The number of rotatable bonds is 2.